The fourth-order valence-electron chi connectivity index (χ4n) is 7.34. The number of hydrogen-bond acceptors (Lipinski definition) is 11. The monoisotopic (exact) mass is 691 g/mol. The number of ether oxygens (including phenoxy) is 2. The topological polar surface area (TPSA) is 141 Å². The number of aryl methyl sites for hydroxylation is 1. The largest absolute Gasteiger partial charge is 0.489 e. The Morgan fingerprint density at radius 2 is 2.00 bits per heavy atom. The Bertz CT molecular complexity index is 1930. The molecule has 0 amide bonds. The molecule has 2 fully saturated rings. The van der Waals surface area contributed by atoms with E-state index >= 15 is 4.39 Å². The summed E-state index contributed by atoms with van der Waals surface area (Å²) in [5.74, 6) is -1.31. The maximum Gasteiger partial charge on any atom is 0.418 e. The number of fused-ring (bicyclic) bond motifs is 1. The van der Waals surface area contributed by atoms with Gasteiger partial charge in [0.05, 0.1) is 51.6 Å². The normalized spacial score (nSPS) is 21.7. The molecule has 3 aromatic heterocycles. The molecule has 0 bridgehead atoms. The van der Waals surface area contributed by atoms with E-state index in [9.17, 15) is 17.6 Å². The number of rotatable bonds is 6. The minimum Gasteiger partial charge on any atom is -0.489 e. The van der Waals surface area contributed by atoms with Gasteiger partial charge in [-0.2, -0.15) is 28.2 Å². The van der Waals surface area contributed by atoms with Crippen LogP contribution in [-0.2, 0) is 6.18 Å². The lowest BCUT2D eigenvalue weighted by Crippen LogP contribution is -2.43. The zero-order valence-corrected chi connectivity index (χ0v) is 26.7. The second-order valence-electron chi connectivity index (χ2n) is 12.4. The van der Waals surface area contributed by atoms with Crippen molar-refractivity contribution in [3.05, 3.63) is 45.9 Å². The zero-order chi connectivity index (χ0) is 34.1. The number of nitrogens with two attached hydrogens (primary N) is 2. The SMILES string of the molecule is Cc1cc(N)nc(-c2c(Cl)c3c4c(nc(OC[C@@]56CCCN5C[C@H](F)C6)nc4c2F)N(C(C)c2ccnnc2N)CCO3)c1C(F)(F)F. The van der Waals surface area contributed by atoms with E-state index in [0.29, 0.717) is 18.5 Å². The Balaban J connectivity index is 1.46. The molecule has 4 N–H and O–H groups in total. The highest BCUT2D eigenvalue weighted by atomic mass is 35.5. The van der Waals surface area contributed by atoms with Gasteiger partial charge in [-0.05, 0) is 50.9 Å². The van der Waals surface area contributed by atoms with Gasteiger partial charge in [-0.15, -0.1) is 5.10 Å². The first-order valence-corrected chi connectivity index (χ1v) is 15.7. The Morgan fingerprint density at radius 3 is 2.75 bits per heavy atom. The van der Waals surface area contributed by atoms with E-state index in [1.54, 1.807) is 11.0 Å². The fraction of sp³-hybridized carbons (Fsp3) is 0.452. The van der Waals surface area contributed by atoms with E-state index in [0.717, 1.165) is 12.5 Å². The third-order valence-electron chi connectivity index (χ3n) is 9.48. The van der Waals surface area contributed by atoms with E-state index < -0.39 is 57.1 Å². The molecule has 254 valence electrons. The number of benzene rings is 1. The van der Waals surface area contributed by atoms with Crippen molar-refractivity contribution in [2.75, 3.05) is 49.2 Å². The van der Waals surface area contributed by atoms with E-state index in [-0.39, 0.29) is 72.9 Å². The molecule has 48 heavy (non-hydrogen) atoms. The molecular formula is C31H31ClF5N9O2. The molecule has 1 unspecified atom stereocenters. The third kappa shape index (κ3) is 5.25. The van der Waals surface area contributed by atoms with Gasteiger partial charge in [0.2, 0.25) is 0 Å². The smallest absolute Gasteiger partial charge is 0.418 e. The van der Waals surface area contributed by atoms with E-state index in [1.807, 2.05) is 11.8 Å². The Kier molecular flexibility index (Phi) is 7.85. The van der Waals surface area contributed by atoms with Crippen LogP contribution in [0.3, 0.4) is 0 Å². The molecule has 3 aliphatic heterocycles. The average molecular weight is 692 g/mol. The lowest BCUT2D eigenvalue weighted by molar-refractivity contribution is -0.137. The van der Waals surface area contributed by atoms with Crippen molar-refractivity contribution in [3.8, 4) is 23.0 Å². The number of hydrogen-bond donors (Lipinski definition) is 2. The van der Waals surface area contributed by atoms with Crippen molar-refractivity contribution in [2.24, 2.45) is 0 Å². The van der Waals surface area contributed by atoms with Gasteiger partial charge < -0.3 is 25.8 Å². The van der Waals surface area contributed by atoms with Crippen molar-refractivity contribution >= 4 is 40.0 Å². The van der Waals surface area contributed by atoms with Crippen LogP contribution in [0.1, 0.15) is 48.9 Å². The summed E-state index contributed by atoms with van der Waals surface area (Å²) in [5, 5.41) is 7.31. The minimum atomic E-state index is -4.93. The molecule has 6 heterocycles. The molecule has 17 heteroatoms. The second kappa shape index (κ2) is 11.7. The number of pyridine rings is 1. The highest BCUT2D eigenvalue weighted by Gasteiger charge is 2.49. The van der Waals surface area contributed by atoms with Crippen LogP contribution >= 0.6 is 11.6 Å². The summed E-state index contributed by atoms with van der Waals surface area (Å²) in [4.78, 5) is 16.8. The number of halogens is 6. The van der Waals surface area contributed by atoms with Crippen molar-refractivity contribution in [1.29, 1.82) is 0 Å². The highest BCUT2D eigenvalue weighted by molar-refractivity contribution is 6.36. The van der Waals surface area contributed by atoms with Crippen molar-refractivity contribution < 1.29 is 31.4 Å². The molecule has 0 radical (unpaired) electrons. The molecule has 3 aliphatic rings. The lowest BCUT2D eigenvalue weighted by atomic mass is 9.95. The second-order valence-corrected chi connectivity index (χ2v) is 12.8. The standard InChI is InChI=1S/C31H31ClF5N9O2/c1-14-10-18(38)41-24(21(14)31(35,36)37)19-22(32)26-20-25(23(19)34)42-29(48-13-30-5-3-7-45(30)12-16(33)11-30)43-28(20)46(8-9-47-26)15(2)17-4-6-40-44-27(17)39/h4,6,10,15-16H,3,5,7-9,11-13H2,1-2H3,(H2,38,41)(H2,39,44)/t15?,16-,30+/m1/s1. The van der Waals surface area contributed by atoms with E-state index in [1.165, 1.54) is 13.1 Å². The lowest BCUT2D eigenvalue weighted by Gasteiger charge is -2.32. The van der Waals surface area contributed by atoms with Crippen LogP contribution in [0.25, 0.3) is 22.2 Å². The maximum atomic E-state index is 17.0. The van der Waals surface area contributed by atoms with Crippen LogP contribution in [0.2, 0.25) is 5.02 Å². The zero-order valence-electron chi connectivity index (χ0n) is 25.9. The van der Waals surface area contributed by atoms with Crippen molar-refractivity contribution in [1.82, 2.24) is 30.0 Å². The predicted molar refractivity (Wildman–Crippen MR) is 168 cm³/mol. The molecule has 11 nitrogen and oxygen atoms in total. The summed E-state index contributed by atoms with van der Waals surface area (Å²) in [6.07, 6.45) is -2.67. The molecule has 7 rings (SSSR count). The van der Waals surface area contributed by atoms with E-state index in [2.05, 4.69) is 20.2 Å². The third-order valence-corrected chi connectivity index (χ3v) is 9.84. The number of alkyl halides is 4. The molecule has 3 atom stereocenters. The number of nitrogens with zero attached hydrogens (tertiary/aromatic N) is 7. The van der Waals surface area contributed by atoms with E-state index in [4.69, 9.17) is 37.5 Å². The summed E-state index contributed by atoms with van der Waals surface area (Å²) in [7, 11) is 0. The van der Waals surface area contributed by atoms with Crippen LogP contribution in [0.4, 0.5) is 39.4 Å². The molecule has 4 aromatic rings. The van der Waals surface area contributed by atoms with Gasteiger partial charge >= 0.3 is 12.2 Å². The first kappa shape index (κ1) is 32.2. The van der Waals surface area contributed by atoms with Crippen LogP contribution in [-0.4, -0.2) is 74.6 Å². The molecular weight excluding hydrogens is 661 g/mol. The molecule has 1 aromatic carbocycles. The minimum absolute atomic E-state index is 0.0121. The summed E-state index contributed by atoms with van der Waals surface area (Å²) >= 11 is 6.77. The van der Waals surface area contributed by atoms with Crippen molar-refractivity contribution in [2.45, 2.75) is 57.0 Å². The quantitative estimate of drug-likeness (QED) is 0.241. The number of aromatic nitrogens is 5. The Morgan fingerprint density at radius 1 is 1.21 bits per heavy atom. The summed E-state index contributed by atoms with van der Waals surface area (Å²) < 4.78 is 86.9. The van der Waals surface area contributed by atoms with Crippen LogP contribution < -0.4 is 25.8 Å². The Hall–Kier alpha value is -4.31. The summed E-state index contributed by atoms with van der Waals surface area (Å²) in [6.45, 7) is 4.18. The van der Waals surface area contributed by atoms with Crippen LogP contribution in [0.15, 0.2) is 18.3 Å². The molecule has 0 saturated carbocycles. The number of anilines is 3. The van der Waals surface area contributed by atoms with Gasteiger partial charge in [-0.25, -0.2) is 13.8 Å². The molecule has 2 saturated heterocycles. The van der Waals surface area contributed by atoms with Gasteiger partial charge in [0.25, 0.3) is 0 Å². The van der Waals surface area contributed by atoms with Crippen molar-refractivity contribution in [3.63, 3.8) is 0 Å². The highest BCUT2D eigenvalue weighted by Crippen LogP contribution is 2.51. The van der Waals surface area contributed by atoms with Gasteiger partial charge in [-0.1, -0.05) is 11.6 Å². The maximum absolute atomic E-state index is 17.0. The molecule has 0 aliphatic carbocycles. The molecule has 0 spiro atoms. The first-order valence-electron chi connectivity index (χ1n) is 15.3. The summed E-state index contributed by atoms with van der Waals surface area (Å²) in [5.41, 5.74) is 8.65. The van der Waals surface area contributed by atoms with Crippen LogP contribution in [0.5, 0.6) is 11.8 Å². The van der Waals surface area contributed by atoms with Gasteiger partial charge in [0, 0.05) is 18.5 Å². The summed E-state index contributed by atoms with van der Waals surface area (Å²) in [6, 6.07) is 1.95. The predicted octanol–water partition coefficient (Wildman–Crippen LogP) is 5.68. The van der Waals surface area contributed by atoms with Crippen LogP contribution in [0, 0.1) is 12.7 Å². The van der Waals surface area contributed by atoms with Gasteiger partial charge in [-0.3, -0.25) is 4.90 Å². The fourth-order valence-corrected chi connectivity index (χ4v) is 7.66. The first-order chi connectivity index (χ1) is 22.8. The van der Waals surface area contributed by atoms with Gasteiger partial charge in [0.15, 0.2) is 17.4 Å². The number of nitrogen functional groups attached to an aromatic ring is 2. The average Bonchev–Trinajstić information content (AvgIpc) is 3.46. The van der Waals surface area contributed by atoms with Gasteiger partial charge in [0.1, 0.15) is 36.5 Å². The Labute approximate surface area is 276 Å².